The molecule has 0 aliphatic carbocycles. The Morgan fingerprint density at radius 3 is 2.62 bits per heavy atom. The van der Waals surface area contributed by atoms with Gasteiger partial charge in [0.25, 0.3) is 0 Å². The zero-order valence-corrected chi connectivity index (χ0v) is 14.1. The molecular weight excluding hydrogens is 396 g/mol. The number of alkyl halides is 3. The molecule has 21 heavy (non-hydrogen) atoms. The molecule has 0 saturated heterocycles. The van der Waals surface area contributed by atoms with Crippen molar-refractivity contribution in [1.29, 1.82) is 0 Å². The Labute approximate surface area is 139 Å². The minimum Gasteiger partial charge on any atom is -0.357 e. The molecule has 0 radical (unpaired) electrons. The van der Waals surface area contributed by atoms with Gasteiger partial charge in [0.05, 0.1) is 13.0 Å². The van der Waals surface area contributed by atoms with Crippen LogP contribution >= 0.6 is 24.0 Å². The first-order valence-electron chi connectivity index (χ1n) is 6.50. The Hall–Kier alpha value is -1.06. The molecule has 0 aliphatic rings. The van der Waals surface area contributed by atoms with Gasteiger partial charge in [0.1, 0.15) is 0 Å². The van der Waals surface area contributed by atoms with E-state index in [0.717, 1.165) is 5.69 Å². The molecule has 0 unspecified atom stereocenters. The number of rotatable bonds is 6. The van der Waals surface area contributed by atoms with Crippen molar-refractivity contribution < 1.29 is 13.2 Å². The van der Waals surface area contributed by atoms with Crippen LogP contribution in [0.3, 0.4) is 0 Å². The van der Waals surface area contributed by atoms with Crippen LogP contribution in [0.5, 0.6) is 0 Å². The highest BCUT2D eigenvalue weighted by atomic mass is 127. The summed E-state index contributed by atoms with van der Waals surface area (Å²) in [6, 6.07) is 5.62. The standard InChI is InChI=1S/C13H19F3N4.HI/c1-2-17-12(20-10-7-13(14,15)16)19-9-6-11-5-3-4-8-18-11;/h3-5,8H,2,6-7,9-10H2,1H3,(H2,17,19,20);1H. The average molecular weight is 416 g/mol. The van der Waals surface area contributed by atoms with Crippen molar-refractivity contribution in [2.24, 2.45) is 4.99 Å². The van der Waals surface area contributed by atoms with Gasteiger partial charge in [-0.25, -0.2) is 0 Å². The normalized spacial score (nSPS) is 11.7. The zero-order chi connectivity index (χ0) is 14.8. The number of nitrogens with one attached hydrogen (secondary N) is 2. The molecule has 0 atom stereocenters. The van der Waals surface area contributed by atoms with Gasteiger partial charge in [-0.15, -0.1) is 24.0 Å². The van der Waals surface area contributed by atoms with Gasteiger partial charge in [-0.2, -0.15) is 13.2 Å². The molecule has 8 heteroatoms. The van der Waals surface area contributed by atoms with E-state index in [9.17, 15) is 13.2 Å². The SMILES string of the molecule is CCNC(=NCCC(F)(F)F)NCCc1ccccn1.I. The summed E-state index contributed by atoms with van der Waals surface area (Å²) in [5, 5.41) is 5.89. The van der Waals surface area contributed by atoms with Crippen LogP contribution in [-0.4, -0.2) is 36.8 Å². The molecule has 4 nitrogen and oxygen atoms in total. The van der Waals surface area contributed by atoms with Crippen molar-refractivity contribution in [3.8, 4) is 0 Å². The highest BCUT2D eigenvalue weighted by Crippen LogP contribution is 2.18. The molecule has 1 aromatic heterocycles. The van der Waals surface area contributed by atoms with Gasteiger partial charge in [-0.1, -0.05) is 6.07 Å². The maximum atomic E-state index is 12.0. The van der Waals surface area contributed by atoms with Crippen molar-refractivity contribution in [1.82, 2.24) is 15.6 Å². The van der Waals surface area contributed by atoms with Gasteiger partial charge in [-0.05, 0) is 19.1 Å². The van der Waals surface area contributed by atoms with E-state index >= 15 is 0 Å². The number of aliphatic imine (C=N–C) groups is 1. The minimum atomic E-state index is -4.17. The lowest BCUT2D eigenvalue weighted by atomic mass is 10.3. The summed E-state index contributed by atoms with van der Waals surface area (Å²) in [7, 11) is 0. The molecular formula is C13H20F3IN4. The monoisotopic (exact) mass is 416 g/mol. The second-order valence-corrected chi connectivity index (χ2v) is 4.12. The second-order valence-electron chi connectivity index (χ2n) is 4.12. The van der Waals surface area contributed by atoms with Gasteiger partial charge >= 0.3 is 6.18 Å². The molecule has 0 aromatic carbocycles. The number of hydrogen-bond donors (Lipinski definition) is 2. The number of aromatic nitrogens is 1. The first kappa shape index (κ1) is 19.9. The van der Waals surface area contributed by atoms with Crippen molar-refractivity contribution in [2.75, 3.05) is 19.6 Å². The Morgan fingerprint density at radius 1 is 1.29 bits per heavy atom. The predicted molar refractivity (Wildman–Crippen MR) is 88.0 cm³/mol. The topological polar surface area (TPSA) is 49.3 Å². The second kappa shape index (κ2) is 10.6. The summed E-state index contributed by atoms with van der Waals surface area (Å²) in [6.07, 6.45) is -2.69. The molecule has 1 heterocycles. The smallest absolute Gasteiger partial charge is 0.357 e. The fourth-order valence-corrected chi connectivity index (χ4v) is 1.49. The van der Waals surface area contributed by atoms with Crippen LogP contribution in [0.15, 0.2) is 29.4 Å². The van der Waals surface area contributed by atoms with Gasteiger partial charge in [0.2, 0.25) is 0 Å². The fourth-order valence-electron chi connectivity index (χ4n) is 1.49. The van der Waals surface area contributed by atoms with Crippen LogP contribution < -0.4 is 10.6 Å². The van der Waals surface area contributed by atoms with Gasteiger partial charge in [0, 0.05) is 31.4 Å². The Kier molecular flexibility index (Phi) is 10.1. The van der Waals surface area contributed by atoms with Crippen LogP contribution in [0.2, 0.25) is 0 Å². The van der Waals surface area contributed by atoms with Crippen LogP contribution in [0.1, 0.15) is 19.0 Å². The van der Waals surface area contributed by atoms with E-state index in [1.165, 1.54) is 0 Å². The highest BCUT2D eigenvalue weighted by molar-refractivity contribution is 14.0. The molecule has 0 saturated carbocycles. The van der Waals surface area contributed by atoms with Crippen LogP contribution in [-0.2, 0) is 6.42 Å². The summed E-state index contributed by atoms with van der Waals surface area (Å²) >= 11 is 0. The molecule has 2 N–H and O–H groups in total. The third-order valence-electron chi connectivity index (χ3n) is 2.41. The zero-order valence-electron chi connectivity index (χ0n) is 11.8. The lowest BCUT2D eigenvalue weighted by Crippen LogP contribution is -2.38. The quantitative estimate of drug-likeness (QED) is 0.426. The lowest BCUT2D eigenvalue weighted by Gasteiger charge is -2.11. The summed E-state index contributed by atoms with van der Waals surface area (Å²) in [5.74, 6) is 0.396. The number of halogens is 4. The van der Waals surface area contributed by atoms with Crippen molar-refractivity contribution in [3.05, 3.63) is 30.1 Å². The van der Waals surface area contributed by atoms with E-state index in [2.05, 4.69) is 20.6 Å². The van der Waals surface area contributed by atoms with Gasteiger partial charge < -0.3 is 10.6 Å². The minimum absolute atomic E-state index is 0. The van der Waals surface area contributed by atoms with E-state index in [1.807, 2.05) is 25.1 Å². The molecule has 0 bridgehead atoms. The number of hydrogen-bond acceptors (Lipinski definition) is 2. The molecule has 1 rings (SSSR count). The number of guanidine groups is 1. The first-order valence-corrected chi connectivity index (χ1v) is 6.50. The molecule has 120 valence electrons. The Bertz CT molecular complexity index is 410. The van der Waals surface area contributed by atoms with E-state index in [0.29, 0.717) is 25.5 Å². The van der Waals surface area contributed by atoms with Crippen LogP contribution in [0.25, 0.3) is 0 Å². The highest BCUT2D eigenvalue weighted by Gasteiger charge is 2.26. The first-order chi connectivity index (χ1) is 9.51. The third kappa shape index (κ3) is 10.3. The van der Waals surface area contributed by atoms with E-state index < -0.39 is 12.6 Å². The largest absolute Gasteiger partial charge is 0.390 e. The number of pyridine rings is 1. The van der Waals surface area contributed by atoms with Gasteiger partial charge in [-0.3, -0.25) is 9.98 Å². The summed E-state index contributed by atoms with van der Waals surface area (Å²) in [4.78, 5) is 8.05. The molecule has 0 spiro atoms. The van der Waals surface area contributed by atoms with Crippen molar-refractivity contribution in [2.45, 2.75) is 25.9 Å². The summed E-state index contributed by atoms with van der Waals surface area (Å²) in [6.45, 7) is 2.75. The molecule has 0 aliphatic heterocycles. The predicted octanol–water partition coefficient (Wildman–Crippen LogP) is 2.75. The Balaban J connectivity index is 0.00000400. The average Bonchev–Trinajstić information content (AvgIpc) is 2.38. The third-order valence-corrected chi connectivity index (χ3v) is 2.41. The lowest BCUT2D eigenvalue weighted by molar-refractivity contribution is -0.132. The fraction of sp³-hybridized carbons (Fsp3) is 0.538. The maximum absolute atomic E-state index is 12.0. The molecule has 1 aromatic rings. The van der Waals surface area contributed by atoms with Crippen molar-refractivity contribution >= 4 is 29.9 Å². The molecule has 0 amide bonds. The van der Waals surface area contributed by atoms with E-state index in [-0.39, 0.29) is 30.5 Å². The number of nitrogens with zero attached hydrogens (tertiary/aromatic N) is 2. The maximum Gasteiger partial charge on any atom is 0.390 e. The summed E-state index contributed by atoms with van der Waals surface area (Å²) in [5.41, 5.74) is 0.922. The van der Waals surface area contributed by atoms with E-state index in [1.54, 1.807) is 6.20 Å². The summed E-state index contributed by atoms with van der Waals surface area (Å²) < 4.78 is 36.1. The molecule has 0 fully saturated rings. The van der Waals surface area contributed by atoms with E-state index in [4.69, 9.17) is 0 Å². The van der Waals surface area contributed by atoms with Crippen LogP contribution in [0, 0.1) is 0 Å². The van der Waals surface area contributed by atoms with Crippen LogP contribution in [0.4, 0.5) is 13.2 Å². The van der Waals surface area contributed by atoms with Crippen molar-refractivity contribution in [3.63, 3.8) is 0 Å². The Morgan fingerprint density at radius 2 is 2.05 bits per heavy atom. The van der Waals surface area contributed by atoms with Gasteiger partial charge in [0.15, 0.2) is 5.96 Å².